The van der Waals surface area contributed by atoms with Crippen molar-refractivity contribution in [3.05, 3.63) is 48.6 Å². The Balaban J connectivity index is 2.58. The summed E-state index contributed by atoms with van der Waals surface area (Å²) in [5, 5.41) is 2.64. The number of allylic oxidation sites excluding steroid dienone is 1. The fraction of sp³-hybridized carbons (Fsp3) is 0.286. The molecule has 4 nitrogen and oxygen atoms in total. The van der Waals surface area contributed by atoms with Gasteiger partial charge in [0.1, 0.15) is 6.04 Å². The standard InChI is InChI=1S/C14H18N2O2/c1-2-3-5-10-12(13(15)17)16-14(18)11-8-6-4-7-9-11/h2,4,6-9,12H,1,3,5,10H2,(H2,15,17)(H,16,18)/t12-/m1/s1. The second-order valence-corrected chi connectivity index (χ2v) is 4.01. The van der Waals surface area contributed by atoms with Gasteiger partial charge in [0.05, 0.1) is 0 Å². The highest BCUT2D eigenvalue weighted by Gasteiger charge is 2.17. The van der Waals surface area contributed by atoms with Crippen LogP contribution in [0.2, 0.25) is 0 Å². The Morgan fingerprint density at radius 1 is 1.33 bits per heavy atom. The molecule has 0 aliphatic carbocycles. The Kier molecular flexibility index (Phi) is 5.64. The molecule has 0 aliphatic heterocycles. The number of carbonyl (C=O) groups excluding carboxylic acids is 2. The number of benzene rings is 1. The molecule has 0 saturated heterocycles. The van der Waals surface area contributed by atoms with Gasteiger partial charge < -0.3 is 11.1 Å². The van der Waals surface area contributed by atoms with E-state index in [-0.39, 0.29) is 5.91 Å². The van der Waals surface area contributed by atoms with Crippen LogP contribution < -0.4 is 11.1 Å². The van der Waals surface area contributed by atoms with Crippen LogP contribution in [0.3, 0.4) is 0 Å². The van der Waals surface area contributed by atoms with Crippen molar-refractivity contribution in [1.29, 1.82) is 0 Å². The van der Waals surface area contributed by atoms with Gasteiger partial charge >= 0.3 is 0 Å². The monoisotopic (exact) mass is 246 g/mol. The van der Waals surface area contributed by atoms with Crippen molar-refractivity contribution < 1.29 is 9.59 Å². The fourth-order valence-corrected chi connectivity index (χ4v) is 1.58. The minimum atomic E-state index is -0.627. The minimum absolute atomic E-state index is 0.280. The van der Waals surface area contributed by atoms with Crippen LogP contribution in [-0.2, 0) is 4.79 Å². The van der Waals surface area contributed by atoms with Gasteiger partial charge in [-0.15, -0.1) is 6.58 Å². The molecule has 0 fully saturated rings. The third kappa shape index (κ3) is 4.41. The predicted octanol–water partition coefficient (Wildman–Crippen LogP) is 1.63. The molecule has 0 spiro atoms. The Morgan fingerprint density at radius 2 is 2.00 bits per heavy atom. The Labute approximate surface area is 107 Å². The second-order valence-electron chi connectivity index (χ2n) is 4.01. The van der Waals surface area contributed by atoms with Crippen LogP contribution in [0.25, 0.3) is 0 Å². The first-order chi connectivity index (χ1) is 8.65. The predicted molar refractivity (Wildman–Crippen MR) is 70.9 cm³/mol. The first-order valence-corrected chi connectivity index (χ1v) is 5.91. The number of rotatable bonds is 7. The average molecular weight is 246 g/mol. The molecule has 0 radical (unpaired) electrons. The lowest BCUT2D eigenvalue weighted by Crippen LogP contribution is -2.44. The van der Waals surface area contributed by atoms with E-state index in [4.69, 9.17) is 5.73 Å². The first-order valence-electron chi connectivity index (χ1n) is 5.91. The average Bonchev–Trinajstić information content (AvgIpc) is 2.38. The van der Waals surface area contributed by atoms with Crippen molar-refractivity contribution in [3.63, 3.8) is 0 Å². The van der Waals surface area contributed by atoms with E-state index in [0.717, 1.165) is 12.8 Å². The number of nitrogens with one attached hydrogen (secondary N) is 1. The Hall–Kier alpha value is -2.10. The number of nitrogens with two attached hydrogens (primary N) is 1. The molecule has 0 bridgehead atoms. The fourth-order valence-electron chi connectivity index (χ4n) is 1.58. The third-order valence-corrected chi connectivity index (χ3v) is 2.59. The quantitative estimate of drug-likeness (QED) is 0.567. The summed E-state index contributed by atoms with van der Waals surface area (Å²) in [6, 6.07) is 8.12. The maximum Gasteiger partial charge on any atom is 0.251 e. The smallest absolute Gasteiger partial charge is 0.251 e. The molecule has 1 atom stereocenters. The van der Waals surface area contributed by atoms with Gasteiger partial charge in [-0.1, -0.05) is 24.3 Å². The first kappa shape index (κ1) is 14.0. The lowest BCUT2D eigenvalue weighted by Gasteiger charge is -2.15. The summed E-state index contributed by atoms with van der Waals surface area (Å²) in [4.78, 5) is 23.1. The molecule has 1 rings (SSSR count). The molecule has 0 heterocycles. The van der Waals surface area contributed by atoms with Gasteiger partial charge in [0.2, 0.25) is 5.91 Å². The van der Waals surface area contributed by atoms with Crippen LogP contribution in [-0.4, -0.2) is 17.9 Å². The van der Waals surface area contributed by atoms with E-state index in [9.17, 15) is 9.59 Å². The summed E-state index contributed by atoms with van der Waals surface area (Å²) in [5.41, 5.74) is 5.79. The minimum Gasteiger partial charge on any atom is -0.368 e. The molecule has 0 aromatic heterocycles. The highest BCUT2D eigenvalue weighted by molar-refractivity contribution is 5.97. The molecule has 2 amide bonds. The van der Waals surface area contributed by atoms with Crippen molar-refractivity contribution in [2.45, 2.75) is 25.3 Å². The number of hydrogen-bond donors (Lipinski definition) is 2. The summed E-state index contributed by atoms with van der Waals surface area (Å²) in [6.45, 7) is 3.61. The van der Waals surface area contributed by atoms with Crippen LogP contribution in [0.1, 0.15) is 29.6 Å². The van der Waals surface area contributed by atoms with Crippen molar-refractivity contribution in [2.75, 3.05) is 0 Å². The van der Waals surface area contributed by atoms with Crippen LogP contribution in [0.4, 0.5) is 0 Å². The van der Waals surface area contributed by atoms with Crippen LogP contribution in [0, 0.1) is 0 Å². The van der Waals surface area contributed by atoms with Gasteiger partial charge in [0, 0.05) is 5.56 Å². The molecule has 3 N–H and O–H groups in total. The zero-order valence-corrected chi connectivity index (χ0v) is 10.3. The summed E-state index contributed by atoms with van der Waals surface area (Å²) < 4.78 is 0. The van der Waals surface area contributed by atoms with E-state index < -0.39 is 11.9 Å². The van der Waals surface area contributed by atoms with Crippen molar-refractivity contribution in [1.82, 2.24) is 5.32 Å². The Bertz CT molecular complexity index is 415. The lowest BCUT2D eigenvalue weighted by atomic mass is 10.1. The molecule has 4 heteroatoms. The van der Waals surface area contributed by atoms with E-state index in [1.807, 2.05) is 6.07 Å². The van der Waals surface area contributed by atoms with Crippen LogP contribution in [0.15, 0.2) is 43.0 Å². The number of amides is 2. The molecule has 1 aromatic carbocycles. The summed E-state index contributed by atoms with van der Waals surface area (Å²) >= 11 is 0. The highest BCUT2D eigenvalue weighted by atomic mass is 16.2. The van der Waals surface area contributed by atoms with E-state index in [1.165, 1.54) is 0 Å². The van der Waals surface area contributed by atoms with Gasteiger partial charge in [-0.25, -0.2) is 0 Å². The molecule has 1 aromatic rings. The maximum atomic E-state index is 11.9. The molecular weight excluding hydrogens is 228 g/mol. The van der Waals surface area contributed by atoms with Gasteiger partial charge in [-0.2, -0.15) is 0 Å². The largest absolute Gasteiger partial charge is 0.368 e. The third-order valence-electron chi connectivity index (χ3n) is 2.59. The van der Waals surface area contributed by atoms with Crippen LogP contribution in [0.5, 0.6) is 0 Å². The van der Waals surface area contributed by atoms with Gasteiger partial charge in [-0.05, 0) is 31.4 Å². The number of primary amides is 1. The van der Waals surface area contributed by atoms with Crippen molar-refractivity contribution in [2.24, 2.45) is 5.73 Å². The van der Waals surface area contributed by atoms with E-state index >= 15 is 0 Å². The molecule has 0 unspecified atom stereocenters. The lowest BCUT2D eigenvalue weighted by molar-refractivity contribution is -0.120. The molecule has 0 aliphatic rings. The van der Waals surface area contributed by atoms with E-state index in [0.29, 0.717) is 12.0 Å². The van der Waals surface area contributed by atoms with Crippen molar-refractivity contribution in [3.8, 4) is 0 Å². The Morgan fingerprint density at radius 3 is 2.56 bits per heavy atom. The molecular formula is C14H18N2O2. The van der Waals surface area contributed by atoms with E-state index in [1.54, 1.807) is 30.3 Å². The zero-order valence-electron chi connectivity index (χ0n) is 10.3. The van der Waals surface area contributed by atoms with Gasteiger partial charge in [0.25, 0.3) is 5.91 Å². The summed E-state index contributed by atoms with van der Waals surface area (Å²) in [7, 11) is 0. The molecule has 0 saturated carbocycles. The normalized spacial score (nSPS) is 11.6. The topological polar surface area (TPSA) is 72.2 Å². The summed E-state index contributed by atoms with van der Waals surface area (Å²) in [6.07, 6.45) is 3.87. The van der Waals surface area contributed by atoms with Crippen molar-refractivity contribution >= 4 is 11.8 Å². The van der Waals surface area contributed by atoms with Crippen LogP contribution >= 0.6 is 0 Å². The van der Waals surface area contributed by atoms with Gasteiger partial charge in [-0.3, -0.25) is 9.59 Å². The van der Waals surface area contributed by atoms with Gasteiger partial charge in [0.15, 0.2) is 0 Å². The van der Waals surface area contributed by atoms with E-state index in [2.05, 4.69) is 11.9 Å². The highest BCUT2D eigenvalue weighted by Crippen LogP contribution is 2.04. The number of unbranched alkanes of at least 4 members (excludes halogenated alkanes) is 1. The molecule has 18 heavy (non-hydrogen) atoms. The summed E-state index contributed by atoms with van der Waals surface area (Å²) in [5.74, 6) is -0.790. The SMILES string of the molecule is C=CCCC[C@@H](NC(=O)c1ccccc1)C(N)=O. The molecule has 96 valence electrons. The second kappa shape index (κ2) is 7.27. The number of hydrogen-bond acceptors (Lipinski definition) is 2. The maximum absolute atomic E-state index is 11.9. The zero-order chi connectivity index (χ0) is 13.4. The number of carbonyl (C=O) groups is 2.